The molecule has 0 radical (unpaired) electrons. The normalized spacial score (nSPS) is 19.4. The number of piperazine rings is 1. The monoisotopic (exact) mass is 412 g/mol. The number of benzene rings is 1. The van der Waals surface area contributed by atoms with Gasteiger partial charge in [-0.1, -0.05) is 17.7 Å². The molecule has 1 unspecified atom stereocenters. The van der Waals surface area contributed by atoms with Crippen molar-refractivity contribution in [2.45, 2.75) is 12.5 Å². The lowest BCUT2D eigenvalue weighted by Gasteiger charge is -2.38. The summed E-state index contributed by atoms with van der Waals surface area (Å²) in [5, 5.41) is 6.18. The molecule has 2 N–H and O–H groups in total. The van der Waals surface area contributed by atoms with Crippen LogP contribution >= 0.6 is 11.6 Å². The third-order valence-corrected chi connectivity index (χ3v) is 5.13. The summed E-state index contributed by atoms with van der Waals surface area (Å²) in [6.45, 7) is 2.88. The van der Waals surface area contributed by atoms with Crippen LogP contribution in [0.25, 0.3) is 0 Å². The summed E-state index contributed by atoms with van der Waals surface area (Å²) in [5.74, 6) is 0.866. The number of hydrogen-bond donors (Lipinski definition) is 2. The molecule has 0 bridgehead atoms. The van der Waals surface area contributed by atoms with Gasteiger partial charge in [0.2, 0.25) is 17.8 Å². The van der Waals surface area contributed by atoms with E-state index in [1.54, 1.807) is 30.5 Å². The second-order valence-corrected chi connectivity index (χ2v) is 7.32. The van der Waals surface area contributed by atoms with Gasteiger partial charge in [0.05, 0.1) is 6.42 Å². The highest BCUT2D eigenvalue weighted by Gasteiger charge is 2.30. The van der Waals surface area contributed by atoms with E-state index in [1.165, 1.54) is 0 Å². The molecule has 1 aromatic carbocycles. The van der Waals surface area contributed by atoms with Crippen LogP contribution in [-0.4, -0.2) is 59.9 Å². The van der Waals surface area contributed by atoms with Gasteiger partial charge in [0.1, 0.15) is 11.9 Å². The summed E-state index contributed by atoms with van der Waals surface area (Å²) < 4.78 is 0. The van der Waals surface area contributed by atoms with Gasteiger partial charge in [-0.25, -0.2) is 9.98 Å². The molecule has 1 aromatic heterocycles. The minimum atomic E-state index is -0.761. The van der Waals surface area contributed by atoms with Gasteiger partial charge in [-0.05, 0) is 36.4 Å². The summed E-state index contributed by atoms with van der Waals surface area (Å²) in [4.78, 5) is 37.8. The number of carbonyl (C=O) groups is 2. The zero-order chi connectivity index (χ0) is 20.2. The third-order valence-electron chi connectivity index (χ3n) is 4.87. The van der Waals surface area contributed by atoms with Crippen molar-refractivity contribution in [1.82, 2.24) is 15.2 Å². The van der Waals surface area contributed by atoms with Crippen LogP contribution in [0.3, 0.4) is 0 Å². The molecule has 1 saturated heterocycles. The van der Waals surface area contributed by atoms with Crippen LogP contribution < -0.4 is 15.5 Å². The number of rotatable bonds is 3. The molecule has 2 aliphatic rings. The van der Waals surface area contributed by atoms with E-state index in [-0.39, 0.29) is 18.2 Å². The highest BCUT2D eigenvalue weighted by atomic mass is 35.5. The summed E-state index contributed by atoms with van der Waals surface area (Å²) >= 11 is 5.87. The molecule has 0 saturated carbocycles. The Kier molecular flexibility index (Phi) is 5.62. The quantitative estimate of drug-likeness (QED) is 0.801. The first kappa shape index (κ1) is 19.2. The summed E-state index contributed by atoms with van der Waals surface area (Å²) in [6, 6.07) is 11.9. The Morgan fingerprint density at radius 1 is 1.07 bits per heavy atom. The maximum absolute atomic E-state index is 12.6. The second-order valence-electron chi connectivity index (χ2n) is 6.88. The van der Waals surface area contributed by atoms with Gasteiger partial charge in [0.15, 0.2) is 0 Å². The predicted octanol–water partition coefficient (Wildman–Crippen LogP) is 1.74. The number of aliphatic imine (C=N–C) groups is 1. The zero-order valence-corrected chi connectivity index (χ0v) is 16.5. The predicted molar refractivity (Wildman–Crippen MR) is 112 cm³/mol. The molecular formula is C20H21ClN6O2. The van der Waals surface area contributed by atoms with Crippen molar-refractivity contribution in [2.75, 3.05) is 36.4 Å². The Labute approximate surface area is 173 Å². The minimum Gasteiger partial charge on any atom is -0.353 e. The number of amides is 2. The van der Waals surface area contributed by atoms with E-state index in [2.05, 4.69) is 25.5 Å². The van der Waals surface area contributed by atoms with Crippen LogP contribution in [0.2, 0.25) is 5.02 Å². The number of carbonyl (C=O) groups excluding carboxylic acids is 2. The fourth-order valence-electron chi connectivity index (χ4n) is 3.34. The van der Waals surface area contributed by atoms with Gasteiger partial charge in [0.25, 0.3) is 0 Å². The fourth-order valence-corrected chi connectivity index (χ4v) is 3.46. The lowest BCUT2D eigenvalue weighted by Crippen LogP contribution is -2.56. The summed E-state index contributed by atoms with van der Waals surface area (Å²) in [7, 11) is 0. The van der Waals surface area contributed by atoms with Crippen LogP contribution in [0.15, 0.2) is 53.7 Å². The molecule has 29 heavy (non-hydrogen) atoms. The van der Waals surface area contributed by atoms with Crippen molar-refractivity contribution in [3.63, 3.8) is 0 Å². The number of guanidine groups is 1. The van der Waals surface area contributed by atoms with Crippen LogP contribution in [0, 0.1) is 0 Å². The van der Waals surface area contributed by atoms with Crippen LogP contribution in [-0.2, 0) is 9.59 Å². The molecule has 1 fully saturated rings. The number of halogens is 1. The average Bonchev–Trinajstić information content (AvgIpc) is 2.75. The van der Waals surface area contributed by atoms with E-state index in [0.29, 0.717) is 29.8 Å². The zero-order valence-electron chi connectivity index (χ0n) is 15.7. The Morgan fingerprint density at radius 3 is 2.48 bits per heavy atom. The highest BCUT2D eigenvalue weighted by molar-refractivity contribution is 6.30. The van der Waals surface area contributed by atoms with Gasteiger partial charge in [-0.15, -0.1) is 0 Å². The van der Waals surface area contributed by atoms with Crippen molar-refractivity contribution in [3.05, 3.63) is 53.7 Å². The first-order chi connectivity index (χ1) is 14.1. The highest BCUT2D eigenvalue weighted by Crippen LogP contribution is 2.17. The van der Waals surface area contributed by atoms with E-state index < -0.39 is 6.04 Å². The van der Waals surface area contributed by atoms with Gasteiger partial charge >= 0.3 is 0 Å². The molecule has 3 heterocycles. The number of nitrogens with zero attached hydrogens (tertiary/aromatic N) is 4. The van der Waals surface area contributed by atoms with Crippen molar-refractivity contribution in [1.29, 1.82) is 0 Å². The molecule has 0 aliphatic carbocycles. The summed E-state index contributed by atoms with van der Waals surface area (Å²) in [6.07, 6.45) is 1.80. The maximum atomic E-state index is 12.6. The van der Waals surface area contributed by atoms with Gasteiger partial charge in [-0.2, -0.15) is 0 Å². The van der Waals surface area contributed by atoms with Crippen molar-refractivity contribution >= 4 is 40.9 Å². The molecule has 2 amide bonds. The Morgan fingerprint density at radius 2 is 1.79 bits per heavy atom. The van der Waals surface area contributed by atoms with Crippen LogP contribution in [0.1, 0.15) is 6.42 Å². The lowest BCUT2D eigenvalue weighted by molar-refractivity contribution is -0.125. The lowest BCUT2D eigenvalue weighted by atomic mass is 10.1. The van der Waals surface area contributed by atoms with E-state index in [0.717, 1.165) is 18.9 Å². The first-order valence-electron chi connectivity index (χ1n) is 9.43. The molecular weight excluding hydrogens is 392 g/mol. The molecule has 2 aliphatic heterocycles. The molecule has 0 spiro atoms. The number of nitrogens with one attached hydrogen (secondary N) is 2. The summed E-state index contributed by atoms with van der Waals surface area (Å²) in [5.41, 5.74) is 0.617. The number of pyridine rings is 1. The first-order valence-corrected chi connectivity index (χ1v) is 9.81. The van der Waals surface area contributed by atoms with E-state index in [9.17, 15) is 9.59 Å². The molecule has 4 rings (SSSR count). The van der Waals surface area contributed by atoms with Crippen LogP contribution in [0.5, 0.6) is 0 Å². The molecule has 2 aromatic rings. The second kappa shape index (κ2) is 8.48. The molecule has 1 atom stereocenters. The Hall–Kier alpha value is -3.13. The molecule has 9 heteroatoms. The van der Waals surface area contributed by atoms with Gasteiger partial charge < -0.3 is 15.1 Å². The van der Waals surface area contributed by atoms with Crippen molar-refractivity contribution in [2.24, 2.45) is 4.99 Å². The Bertz CT molecular complexity index is 910. The van der Waals surface area contributed by atoms with Crippen molar-refractivity contribution < 1.29 is 9.59 Å². The third kappa shape index (κ3) is 4.65. The number of anilines is 2. The average molecular weight is 413 g/mol. The van der Waals surface area contributed by atoms with Crippen molar-refractivity contribution in [3.8, 4) is 0 Å². The van der Waals surface area contributed by atoms with E-state index >= 15 is 0 Å². The molecule has 8 nitrogen and oxygen atoms in total. The maximum Gasteiger partial charge on any atom is 0.249 e. The van der Waals surface area contributed by atoms with E-state index in [4.69, 9.17) is 11.6 Å². The topological polar surface area (TPSA) is 89.9 Å². The fraction of sp³-hybridized carbons (Fsp3) is 0.300. The largest absolute Gasteiger partial charge is 0.353 e. The molecule has 150 valence electrons. The van der Waals surface area contributed by atoms with E-state index in [1.807, 2.05) is 23.1 Å². The Balaban J connectivity index is 1.40. The smallest absolute Gasteiger partial charge is 0.249 e. The SMILES string of the molecule is O=C1CC(C(=O)Nc2ccc(Cl)cc2)N=C(N2CCN(c3ccccn3)CC2)N1. The number of hydrogen-bond acceptors (Lipinski definition) is 6. The number of aromatic nitrogens is 1. The van der Waals surface area contributed by atoms with Gasteiger partial charge in [0, 0.05) is 43.1 Å². The minimum absolute atomic E-state index is 0.0246. The van der Waals surface area contributed by atoms with Gasteiger partial charge in [-0.3, -0.25) is 14.9 Å². The van der Waals surface area contributed by atoms with Crippen LogP contribution in [0.4, 0.5) is 11.5 Å². The standard InChI is InChI=1S/C20H21ClN6O2/c21-14-4-6-15(7-5-14)23-19(29)16-13-18(28)25-20(24-16)27-11-9-26(10-12-27)17-3-1-2-8-22-17/h1-8,16H,9-13H2,(H,23,29)(H,24,25,28).